The van der Waals surface area contributed by atoms with Crippen LogP contribution in [0.5, 0.6) is 5.75 Å². The lowest BCUT2D eigenvalue weighted by Gasteiger charge is -2.19. The predicted octanol–water partition coefficient (Wildman–Crippen LogP) is 3.66. The minimum Gasteiger partial charge on any atom is -0.497 e. The van der Waals surface area contributed by atoms with Gasteiger partial charge in [-0.1, -0.05) is 12.1 Å². The molecule has 1 aromatic heterocycles. The Kier molecular flexibility index (Phi) is 4.20. The monoisotopic (exact) mass is 262 g/mol. The molecule has 0 amide bonds. The van der Waals surface area contributed by atoms with E-state index >= 15 is 0 Å². The van der Waals surface area contributed by atoms with Crippen molar-refractivity contribution in [2.75, 3.05) is 25.1 Å². The molecule has 2 rings (SSSR count). The summed E-state index contributed by atoms with van der Waals surface area (Å²) in [6, 6.07) is 8.13. The van der Waals surface area contributed by atoms with E-state index in [1.165, 1.54) is 22.7 Å². The number of hydrogen-bond acceptors (Lipinski definition) is 4. The fourth-order valence-corrected chi connectivity index (χ4v) is 2.66. The van der Waals surface area contributed by atoms with E-state index in [9.17, 15) is 0 Å². The van der Waals surface area contributed by atoms with Gasteiger partial charge in [0, 0.05) is 24.0 Å². The topological polar surface area (TPSA) is 25.4 Å². The van der Waals surface area contributed by atoms with E-state index in [0.717, 1.165) is 24.7 Å². The summed E-state index contributed by atoms with van der Waals surface area (Å²) in [5.74, 6) is 1.96. The highest BCUT2D eigenvalue weighted by Crippen LogP contribution is 2.32. The van der Waals surface area contributed by atoms with Crippen molar-refractivity contribution in [2.24, 2.45) is 0 Å². The lowest BCUT2D eigenvalue weighted by Crippen LogP contribution is -2.22. The Balaban J connectivity index is 2.35. The van der Waals surface area contributed by atoms with Crippen LogP contribution in [-0.2, 0) is 0 Å². The Morgan fingerprint density at radius 3 is 2.39 bits per heavy atom. The quantitative estimate of drug-likeness (QED) is 0.822. The Hall–Kier alpha value is -1.55. The first-order chi connectivity index (χ1) is 8.80. The molecule has 96 valence electrons. The minimum atomic E-state index is 0.881. The molecule has 1 aromatic carbocycles. The van der Waals surface area contributed by atoms with E-state index in [-0.39, 0.29) is 0 Å². The predicted molar refractivity (Wildman–Crippen MR) is 77.7 cm³/mol. The molecule has 0 N–H and O–H groups in total. The van der Waals surface area contributed by atoms with E-state index < -0.39 is 0 Å². The van der Waals surface area contributed by atoms with Crippen molar-refractivity contribution in [1.82, 2.24) is 4.37 Å². The minimum absolute atomic E-state index is 0.881. The number of rotatable bonds is 5. The third kappa shape index (κ3) is 2.48. The van der Waals surface area contributed by atoms with Gasteiger partial charge in [-0.15, -0.1) is 0 Å². The van der Waals surface area contributed by atoms with E-state index in [1.807, 2.05) is 12.1 Å². The molecule has 0 fully saturated rings. The van der Waals surface area contributed by atoms with Crippen molar-refractivity contribution < 1.29 is 4.74 Å². The van der Waals surface area contributed by atoms with Gasteiger partial charge < -0.3 is 9.64 Å². The van der Waals surface area contributed by atoms with Crippen LogP contribution in [0, 0.1) is 0 Å². The van der Waals surface area contributed by atoms with Crippen LogP contribution in [0.25, 0.3) is 11.1 Å². The Labute approximate surface area is 112 Å². The molecule has 2 aromatic rings. The Morgan fingerprint density at radius 1 is 1.17 bits per heavy atom. The van der Waals surface area contributed by atoms with Crippen molar-refractivity contribution in [2.45, 2.75) is 13.8 Å². The maximum atomic E-state index is 5.18. The van der Waals surface area contributed by atoms with E-state index in [1.54, 1.807) is 7.11 Å². The Bertz CT molecular complexity index is 489. The van der Waals surface area contributed by atoms with Gasteiger partial charge in [0.15, 0.2) is 0 Å². The number of anilines is 1. The van der Waals surface area contributed by atoms with Gasteiger partial charge in [0.2, 0.25) is 0 Å². The molecule has 0 aliphatic rings. The zero-order valence-electron chi connectivity index (χ0n) is 11.0. The van der Waals surface area contributed by atoms with Crippen LogP contribution >= 0.6 is 11.5 Å². The maximum absolute atomic E-state index is 5.18. The second-order valence-electron chi connectivity index (χ2n) is 3.95. The molecule has 0 radical (unpaired) electrons. The number of hydrogen-bond donors (Lipinski definition) is 0. The highest BCUT2D eigenvalue weighted by molar-refractivity contribution is 7.04. The lowest BCUT2D eigenvalue weighted by molar-refractivity contribution is 0.415. The van der Waals surface area contributed by atoms with Crippen molar-refractivity contribution in [3.8, 4) is 16.9 Å². The third-order valence-electron chi connectivity index (χ3n) is 3.01. The van der Waals surface area contributed by atoms with Crippen molar-refractivity contribution >= 4 is 17.4 Å². The van der Waals surface area contributed by atoms with Gasteiger partial charge in [-0.3, -0.25) is 0 Å². The first kappa shape index (κ1) is 12.9. The summed E-state index contributed by atoms with van der Waals surface area (Å²) in [5, 5.41) is 2.11. The molecule has 4 heteroatoms. The van der Waals surface area contributed by atoms with Crippen molar-refractivity contribution in [1.29, 1.82) is 0 Å². The molecule has 1 heterocycles. The summed E-state index contributed by atoms with van der Waals surface area (Å²) in [7, 11) is 1.68. The first-order valence-corrected chi connectivity index (χ1v) is 6.97. The van der Waals surface area contributed by atoms with Crippen LogP contribution in [0.2, 0.25) is 0 Å². The van der Waals surface area contributed by atoms with Crippen LogP contribution in [-0.4, -0.2) is 24.6 Å². The van der Waals surface area contributed by atoms with Gasteiger partial charge in [0.1, 0.15) is 11.6 Å². The molecule has 0 spiro atoms. The number of methoxy groups -OCH3 is 1. The summed E-state index contributed by atoms with van der Waals surface area (Å²) in [5.41, 5.74) is 2.39. The molecule has 0 saturated carbocycles. The average Bonchev–Trinajstić information content (AvgIpc) is 2.90. The zero-order chi connectivity index (χ0) is 13.0. The molecule has 0 saturated heterocycles. The number of ether oxygens (including phenoxy) is 1. The summed E-state index contributed by atoms with van der Waals surface area (Å²) < 4.78 is 9.70. The Morgan fingerprint density at radius 2 is 1.83 bits per heavy atom. The van der Waals surface area contributed by atoms with Gasteiger partial charge in [0.25, 0.3) is 0 Å². The molecule has 3 nitrogen and oxygen atoms in total. The van der Waals surface area contributed by atoms with Gasteiger partial charge in [-0.2, -0.15) is 4.37 Å². The van der Waals surface area contributed by atoms with E-state index in [2.05, 4.69) is 40.6 Å². The largest absolute Gasteiger partial charge is 0.497 e. The van der Waals surface area contributed by atoms with Gasteiger partial charge in [0.05, 0.1) is 7.11 Å². The van der Waals surface area contributed by atoms with Crippen LogP contribution in [0.1, 0.15) is 13.8 Å². The second-order valence-corrected chi connectivity index (χ2v) is 4.58. The normalized spacial score (nSPS) is 10.4. The van der Waals surface area contributed by atoms with E-state index in [0.29, 0.717) is 0 Å². The highest BCUT2D eigenvalue weighted by atomic mass is 32.1. The number of aromatic nitrogens is 1. The molecule has 0 aliphatic heterocycles. The summed E-state index contributed by atoms with van der Waals surface area (Å²) in [4.78, 5) is 2.27. The SMILES string of the molecule is CCN(CC)c1nscc1-c1ccc(OC)cc1. The molecule has 0 aliphatic carbocycles. The van der Waals surface area contributed by atoms with Gasteiger partial charge in [-0.25, -0.2) is 0 Å². The highest BCUT2D eigenvalue weighted by Gasteiger charge is 2.13. The zero-order valence-corrected chi connectivity index (χ0v) is 11.8. The molecule has 0 unspecified atom stereocenters. The molecule has 0 atom stereocenters. The van der Waals surface area contributed by atoms with E-state index in [4.69, 9.17) is 4.74 Å². The summed E-state index contributed by atoms with van der Waals surface area (Å²) >= 11 is 1.51. The van der Waals surface area contributed by atoms with Crippen molar-refractivity contribution in [3.63, 3.8) is 0 Å². The molecule has 0 bridgehead atoms. The lowest BCUT2D eigenvalue weighted by atomic mass is 10.1. The fourth-order valence-electron chi connectivity index (χ4n) is 1.95. The second kappa shape index (κ2) is 5.87. The maximum Gasteiger partial charge on any atom is 0.150 e. The smallest absolute Gasteiger partial charge is 0.150 e. The van der Waals surface area contributed by atoms with Crippen LogP contribution < -0.4 is 9.64 Å². The van der Waals surface area contributed by atoms with Crippen molar-refractivity contribution in [3.05, 3.63) is 29.6 Å². The fraction of sp³-hybridized carbons (Fsp3) is 0.357. The van der Waals surface area contributed by atoms with Gasteiger partial charge >= 0.3 is 0 Å². The molecular formula is C14H18N2OS. The third-order valence-corrected chi connectivity index (χ3v) is 3.63. The van der Waals surface area contributed by atoms with Crippen LogP contribution in [0.3, 0.4) is 0 Å². The first-order valence-electron chi connectivity index (χ1n) is 6.13. The van der Waals surface area contributed by atoms with Gasteiger partial charge in [-0.05, 0) is 43.1 Å². The summed E-state index contributed by atoms with van der Waals surface area (Å²) in [6.45, 7) is 6.26. The average molecular weight is 262 g/mol. The standard InChI is InChI=1S/C14H18N2OS/c1-4-16(5-2)14-13(10-18-15-14)11-6-8-12(17-3)9-7-11/h6-10H,4-5H2,1-3H3. The molecule has 18 heavy (non-hydrogen) atoms. The number of nitrogens with zero attached hydrogens (tertiary/aromatic N) is 2. The van der Waals surface area contributed by atoms with Crippen LogP contribution in [0.15, 0.2) is 29.6 Å². The number of benzene rings is 1. The van der Waals surface area contributed by atoms with Crippen LogP contribution in [0.4, 0.5) is 5.82 Å². The molecular weight excluding hydrogens is 244 g/mol. The summed E-state index contributed by atoms with van der Waals surface area (Å²) in [6.07, 6.45) is 0.